The number of rotatable bonds is 11. The molecule has 6 rings (SSSR count). The van der Waals surface area contributed by atoms with Gasteiger partial charge in [0.1, 0.15) is 5.75 Å². The molecule has 0 aromatic heterocycles. The lowest BCUT2D eigenvalue weighted by Gasteiger charge is -2.17. The number of carbonyl (C=O) groups is 2. The molecule has 6 aromatic rings. The van der Waals surface area contributed by atoms with Crippen LogP contribution in [0.15, 0.2) is 140 Å². The average molecular weight is 993 g/mol. The fourth-order valence-corrected chi connectivity index (χ4v) is 8.40. The zero-order chi connectivity index (χ0) is 55.8. The lowest BCUT2D eigenvalue weighted by Crippen LogP contribution is -2.03. The van der Waals surface area contributed by atoms with Crippen molar-refractivity contribution in [1.29, 1.82) is 0 Å². The molecular formula is C67H92O6. The highest BCUT2D eigenvalue weighted by molar-refractivity contribution is 5.87. The molecule has 0 aliphatic rings. The minimum Gasteiger partial charge on any atom is -0.508 e. The number of methoxy groups -OCH3 is 2. The molecule has 6 nitrogen and oxygen atoms in total. The van der Waals surface area contributed by atoms with E-state index in [-0.39, 0.29) is 11.9 Å². The van der Waals surface area contributed by atoms with Crippen LogP contribution in [-0.2, 0) is 43.1 Å². The summed E-state index contributed by atoms with van der Waals surface area (Å²) in [6, 6.07) is 40.4. The normalized spacial score (nSPS) is 9.75. The molecule has 0 heterocycles. The lowest BCUT2D eigenvalue weighted by molar-refractivity contribution is -0.138. The third-order valence-corrected chi connectivity index (χ3v) is 11.7. The van der Waals surface area contributed by atoms with Crippen molar-refractivity contribution in [1.82, 2.24) is 0 Å². The van der Waals surface area contributed by atoms with Gasteiger partial charge in [0, 0.05) is 24.9 Å². The Morgan fingerprint density at radius 2 is 0.890 bits per heavy atom. The number of benzene rings is 6. The predicted octanol–water partition coefficient (Wildman–Crippen LogP) is 18.0. The van der Waals surface area contributed by atoms with Gasteiger partial charge in [-0.2, -0.15) is 0 Å². The van der Waals surface area contributed by atoms with Crippen LogP contribution in [0.5, 0.6) is 5.75 Å². The van der Waals surface area contributed by atoms with E-state index >= 15 is 0 Å². The molecule has 0 aliphatic heterocycles. The quantitative estimate of drug-likeness (QED) is 0.103. The number of carbonyl (C=O) groups excluding carboxylic acids is 2. The van der Waals surface area contributed by atoms with Crippen LogP contribution in [0.1, 0.15) is 138 Å². The van der Waals surface area contributed by atoms with Crippen LogP contribution < -0.4 is 0 Å². The molecule has 6 heteroatoms. The van der Waals surface area contributed by atoms with E-state index in [0.717, 1.165) is 37.0 Å². The van der Waals surface area contributed by atoms with Gasteiger partial charge < -0.3 is 19.3 Å². The maximum atomic E-state index is 10.4. The number of ether oxygens (including phenoxy) is 3. The monoisotopic (exact) mass is 993 g/mol. The molecule has 0 unspecified atom stereocenters. The molecule has 0 atom stereocenters. The van der Waals surface area contributed by atoms with Gasteiger partial charge in [0.2, 0.25) is 0 Å². The third-order valence-electron chi connectivity index (χ3n) is 11.7. The third kappa shape index (κ3) is 22.9. The van der Waals surface area contributed by atoms with Crippen molar-refractivity contribution in [3.05, 3.63) is 195 Å². The molecule has 396 valence electrons. The Labute approximate surface area is 443 Å². The second-order valence-corrected chi connectivity index (χ2v) is 17.8. The van der Waals surface area contributed by atoms with Gasteiger partial charge in [-0.25, -0.2) is 9.59 Å². The summed E-state index contributed by atoms with van der Waals surface area (Å²) >= 11 is 0. The summed E-state index contributed by atoms with van der Waals surface area (Å²) in [5.74, 6) is 0.269. The van der Waals surface area contributed by atoms with E-state index in [1.54, 1.807) is 27.9 Å². The van der Waals surface area contributed by atoms with Crippen LogP contribution in [0.3, 0.4) is 0 Å². The Morgan fingerprint density at radius 3 is 1.23 bits per heavy atom. The van der Waals surface area contributed by atoms with E-state index in [1.165, 1.54) is 85.0 Å². The van der Waals surface area contributed by atoms with E-state index in [0.29, 0.717) is 29.4 Å². The number of esters is 2. The molecule has 0 aliphatic carbocycles. The highest BCUT2D eigenvalue weighted by Gasteiger charge is 2.12. The minimum absolute atomic E-state index is 0.312. The Kier molecular flexibility index (Phi) is 33.2. The van der Waals surface area contributed by atoms with Crippen LogP contribution in [0, 0.1) is 41.5 Å². The number of phenolic OH excluding ortho intramolecular Hbond substituents is 1. The van der Waals surface area contributed by atoms with E-state index in [9.17, 15) is 14.7 Å². The van der Waals surface area contributed by atoms with Crippen LogP contribution in [-0.4, -0.2) is 44.5 Å². The first-order chi connectivity index (χ1) is 34.7. The van der Waals surface area contributed by atoms with E-state index in [4.69, 9.17) is 0 Å². The number of aromatic hydroxyl groups is 1. The molecule has 0 radical (unpaired) electrons. The second-order valence-electron chi connectivity index (χ2n) is 17.8. The molecule has 0 spiro atoms. The minimum atomic E-state index is -0.347. The van der Waals surface area contributed by atoms with Gasteiger partial charge in [-0.1, -0.05) is 165 Å². The average Bonchev–Trinajstić information content (AvgIpc) is 3.37. The van der Waals surface area contributed by atoms with Gasteiger partial charge in [-0.3, -0.25) is 0 Å². The van der Waals surface area contributed by atoms with Crippen LogP contribution in [0.4, 0.5) is 0 Å². The number of aryl methyl sites for hydroxylation is 6. The SMILES string of the molecule is C=C(C)C(=O)OC.C=C(C)C(=O)OCC.CC.CCOC.CCc1c(C)cc(-c2cc(C)c(C(C)C)c(C)c2)cc1C.CCc1c(C)cc(O)cc1-c1ccccc1.CCc1c(C)cccc1-c1ccccc1. The van der Waals surface area contributed by atoms with Gasteiger partial charge in [0.25, 0.3) is 0 Å². The summed E-state index contributed by atoms with van der Waals surface area (Å²) in [7, 11) is 3.01. The fourth-order valence-electron chi connectivity index (χ4n) is 8.40. The summed E-state index contributed by atoms with van der Waals surface area (Å²) < 4.78 is 13.4. The van der Waals surface area contributed by atoms with E-state index in [1.807, 2.05) is 58.0 Å². The lowest BCUT2D eigenvalue weighted by atomic mass is 9.88. The molecule has 0 amide bonds. The highest BCUT2D eigenvalue weighted by Crippen LogP contribution is 2.33. The van der Waals surface area contributed by atoms with Gasteiger partial charge >= 0.3 is 11.9 Å². The van der Waals surface area contributed by atoms with Crippen molar-refractivity contribution in [3.8, 4) is 39.1 Å². The molecule has 73 heavy (non-hydrogen) atoms. The standard InChI is InChI=1S/C21H28.C15H16O.C15H16.C6H10O2.C5H8O2.C3H8O.C2H6/c1-8-20-14(4)9-18(10-15(20)5)19-11-16(6)21(13(2)3)17(7)12-19;1-3-14-11(2)9-13(16)10-15(14)12-7-5-4-6-8-12;1-3-14-12(2)8-7-11-15(14)13-9-5-4-6-10-13;1-4-8-6(7)5(2)3;1-4(2)5(6)7-3;1-3-4-2;1-2/h9-13H,8H2,1-7H3;4-10,16H,3H2,1-2H3;4-11H,3H2,1-2H3;2,4H2,1,3H3;1H2,2-3H3;3H2,1-2H3;1-2H3. The van der Waals surface area contributed by atoms with Crippen LogP contribution in [0.2, 0.25) is 0 Å². The van der Waals surface area contributed by atoms with E-state index in [2.05, 4.69) is 182 Å². The van der Waals surface area contributed by atoms with Crippen LogP contribution in [0.25, 0.3) is 33.4 Å². The molecule has 0 fully saturated rings. The zero-order valence-corrected chi connectivity index (χ0v) is 48.5. The van der Waals surface area contributed by atoms with Crippen molar-refractivity contribution in [3.63, 3.8) is 0 Å². The topological polar surface area (TPSA) is 82.1 Å². The molecule has 6 aromatic carbocycles. The fraction of sp³-hybridized carbons (Fsp3) is 0.373. The largest absolute Gasteiger partial charge is 0.508 e. The van der Waals surface area contributed by atoms with Gasteiger partial charge in [0.05, 0.1) is 13.7 Å². The summed E-state index contributed by atoms with van der Waals surface area (Å²) in [6.07, 6.45) is 3.19. The molecule has 0 saturated heterocycles. The maximum absolute atomic E-state index is 10.4. The Bertz CT molecular complexity index is 2540. The summed E-state index contributed by atoms with van der Waals surface area (Å²) in [6.45, 7) is 43.3. The van der Waals surface area contributed by atoms with Crippen molar-refractivity contribution in [2.45, 2.75) is 143 Å². The molecule has 0 bridgehead atoms. The number of hydrogen-bond acceptors (Lipinski definition) is 6. The van der Waals surface area contributed by atoms with E-state index < -0.39 is 0 Å². The molecular weight excluding hydrogens is 901 g/mol. The first kappa shape index (κ1) is 66.5. The van der Waals surface area contributed by atoms with Crippen molar-refractivity contribution in [2.24, 2.45) is 0 Å². The van der Waals surface area contributed by atoms with Crippen molar-refractivity contribution < 1.29 is 28.9 Å². The Morgan fingerprint density at radius 1 is 0.493 bits per heavy atom. The Hall–Kier alpha value is -6.50. The zero-order valence-electron chi connectivity index (χ0n) is 48.5. The van der Waals surface area contributed by atoms with Crippen LogP contribution >= 0.6 is 0 Å². The summed E-state index contributed by atoms with van der Waals surface area (Å²) in [4.78, 5) is 20.6. The smallest absolute Gasteiger partial charge is 0.333 e. The summed E-state index contributed by atoms with van der Waals surface area (Å²) in [5.41, 5.74) is 22.5. The summed E-state index contributed by atoms with van der Waals surface area (Å²) in [5, 5.41) is 9.68. The first-order valence-electron chi connectivity index (χ1n) is 26.0. The van der Waals surface area contributed by atoms with Gasteiger partial charge in [0.15, 0.2) is 0 Å². The first-order valence-corrected chi connectivity index (χ1v) is 26.0. The number of hydrogen-bond donors (Lipinski definition) is 1. The molecule has 0 saturated carbocycles. The molecule has 1 N–H and O–H groups in total. The second kappa shape index (κ2) is 36.4. The predicted molar refractivity (Wildman–Crippen MR) is 315 cm³/mol. The number of phenols is 1. The Balaban J connectivity index is 0.000000902. The maximum Gasteiger partial charge on any atom is 0.333 e. The van der Waals surface area contributed by atoms with Crippen molar-refractivity contribution >= 4 is 11.9 Å². The van der Waals surface area contributed by atoms with Gasteiger partial charge in [-0.05, 0) is 196 Å². The van der Waals surface area contributed by atoms with Crippen molar-refractivity contribution in [2.75, 3.05) is 27.4 Å². The highest BCUT2D eigenvalue weighted by atomic mass is 16.5. The van der Waals surface area contributed by atoms with Gasteiger partial charge in [-0.15, -0.1) is 0 Å².